The molecular weight excluding hydrogens is 375 g/mol. The molecule has 1 saturated carbocycles. The summed E-state index contributed by atoms with van der Waals surface area (Å²) in [5.41, 5.74) is 2.41. The molecule has 4 rings (SSSR count). The van der Waals surface area contributed by atoms with E-state index in [2.05, 4.69) is 15.4 Å². The largest absolute Gasteiger partial charge is 0.310 e. The van der Waals surface area contributed by atoms with Crippen molar-refractivity contribution in [3.05, 3.63) is 47.2 Å². The molecule has 0 atom stereocenters. The highest BCUT2D eigenvalue weighted by molar-refractivity contribution is 7.12. The first-order chi connectivity index (χ1) is 13.6. The summed E-state index contributed by atoms with van der Waals surface area (Å²) in [6, 6.07) is 8.11. The quantitative estimate of drug-likeness (QED) is 0.630. The van der Waals surface area contributed by atoms with Crippen LogP contribution in [0.5, 0.6) is 0 Å². The van der Waals surface area contributed by atoms with Crippen LogP contribution in [0.25, 0.3) is 16.4 Å². The minimum Gasteiger partial charge on any atom is -0.310 e. The monoisotopic (exact) mass is 398 g/mol. The highest BCUT2D eigenvalue weighted by atomic mass is 32.1. The SMILES string of the molecule is Cc1cc(NC(=O)CC2CCCCC2)n(-c2nc(-c3ccc(F)cc3)cs2)n1. The molecule has 3 aromatic rings. The van der Waals surface area contributed by atoms with Gasteiger partial charge in [0.2, 0.25) is 11.0 Å². The van der Waals surface area contributed by atoms with E-state index in [4.69, 9.17) is 0 Å². The molecule has 1 amide bonds. The number of thiazole rings is 1. The van der Waals surface area contributed by atoms with Crippen molar-refractivity contribution in [2.24, 2.45) is 5.92 Å². The second-order valence-electron chi connectivity index (χ2n) is 7.36. The van der Waals surface area contributed by atoms with Gasteiger partial charge in [-0.2, -0.15) is 9.78 Å². The van der Waals surface area contributed by atoms with Crippen molar-refractivity contribution >= 4 is 23.1 Å². The Morgan fingerprint density at radius 3 is 2.75 bits per heavy atom. The zero-order valence-electron chi connectivity index (χ0n) is 15.8. The fourth-order valence-corrected chi connectivity index (χ4v) is 4.49. The van der Waals surface area contributed by atoms with Gasteiger partial charge in [-0.3, -0.25) is 4.79 Å². The molecule has 0 saturated heterocycles. The minimum absolute atomic E-state index is 0.0309. The number of aryl methyl sites for hydroxylation is 1. The first kappa shape index (κ1) is 18.8. The molecule has 2 heterocycles. The Balaban J connectivity index is 1.51. The number of nitrogens with one attached hydrogen (secondary N) is 1. The number of benzene rings is 1. The number of carbonyl (C=O) groups is 1. The Hall–Kier alpha value is -2.54. The zero-order chi connectivity index (χ0) is 19.5. The number of nitrogens with zero attached hydrogens (tertiary/aromatic N) is 3. The van der Waals surface area contributed by atoms with Crippen LogP contribution in [0.3, 0.4) is 0 Å². The van der Waals surface area contributed by atoms with Crippen LogP contribution < -0.4 is 5.32 Å². The summed E-state index contributed by atoms with van der Waals surface area (Å²) in [6.07, 6.45) is 6.56. The van der Waals surface area contributed by atoms with Crippen molar-refractivity contribution in [2.75, 3.05) is 5.32 Å². The first-order valence-corrected chi connectivity index (χ1v) is 10.5. The number of rotatable bonds is 5. The zero-order valence-corrected chi connectivity index (χ0v) is 16.6. The van der Waals surface area contributed by atoms with Crippen molar-refractivity contribution in [3.8, 4) is 16.4 Å². The summed E-state index contributed by atoms with van der Waals surface area (Å²) in [7, 11) is 0. The summed E-state index contributed by atoms with van der Waals surface area (Å²) >= 11 is 1.44. The van der Waals surface area contributed by atoms with Gasteiger partial charge in [-0.1, -0.05) is 19.3 Å². The van der Waals surface area contributed by atoms with Gasteiger partial charge in [-0.15, -0.1) is 11.3 Å². The van der Waals surface area contributed by atoms with E-state index in [1.807, 2.05) is 18.4 Å². The Bertz CT molecular complexity index is 957. The summed E-state index contributed by atoms with van der Waals surface area (Å²) in [5.74, 6) is 0.878. The van der Waals surface area contributed by atoms with Crippen molar-refractivity contribution in [1.29, 1.82) is 0 Å². The average molecular weight is 399 g/mol. The third-order valence-corrected chi connectivity index (χ3v) is 5.93. The Kier molecular flexibility index (Phi) is 5.52. The van der Waals surface area contributed by atoms with Crippen LogP contribution in [0.2, 0.25) is 0 Å². The van der Waals surface area contributed by atoms with Crippen LogP contribution in [0, 0.1) is 18.7 Å². The normalized spacial score (nSPS) is 14.9. The van der Waals surface area contributed by atoms with Gasteiger partial charge in [0.1, 0.15) is 11.6 Å². The third kappa shape index (κ3) is 4.30. The van der Waals surface area contributed by atoms with Gasteiger partial charge in [0.25, 0.3) is 0 Å². The molecule has 0 bridgehead atoms. The molecule has 0 aliphatic heterocycles. The number of aromatic nitrogens is 3. The predicted octanol–water partition coefficient (Wildman–Crippen LogP) is 5.35. The van der Waals surface area contributed by atoms with Crippen molar-refractivity contribution in [3.63, 3.8) is 0 Å². The van der Waals surface area contributed by atoms with Gasteiger partial charge in [0.05, 0.1) is 11.4 Å². The molecule has 2 aromatic heterocycles. The average Bonchev–Trinajstić information content (AvgIpc) is 3.30. The molecule has 0 unspecified atom stereocenters. The number of halogens is 1. The molecular formula is C21H23FN4OS. The number of carbonyl (C=O) groups excluding carboxylic acids is 1. The number of hydrogen-bond donors (Lipinski definition) is 1. The summed E-state index contributed by atoms with van der Waals surface area (Å²) in [5, 5.41) is 10.1. The molecule has 1 fully saturated rings. The van der Waals surface area contributed by atoms with Gasteiger partial charge in [0, 0.05) is 23.4 Å². The summed E-state index contributed by atoms with van der Waals surface area (Å²) < 4.78 is 14.8. The highest BCUT2D eigenvalue weighted by Crippen LogP contribution is 2.28. The maximum atomic E-state index is 13.1. The fraction of sp³-hybridized carbons (Fsp3) is 0.381. The molecule has 5 nitrogen and oxygen atoms in total. The van der Waals surface area contributed by atoms with Gasteiger partial charge in [0.15, 0.2) is 0 Å². The molecule has 28 heavy (non-hydrogen) atoms. The molecule has 1 aliphatic rings. The van der Waals surface area contributed by atoms with Crippen LogP contribution in [-0.2, 0) is 4.79 Å². The second-order valence-corrected chi connectivity index (χ2v) is 8.20. The van der Waals surface area contributed by atoms with E-state index in [0.717, 1.165) is 29.8 Å². The molecule has 7 heteroatoms. The smallest absolute Gasteiger partial charge is 0.225 e. The van der Waals surface area contributed by atoms with Crippen LogP contribution in [0.4, 0.5) is 10.2 Å². The molecule has 0 spiro atoms. The van der Waals surface area contributed by atoms with Crippen LogP contribution >= 0.6 is 11.3 Å². The Morgan fingerprint density at radius 1 is 1.25 bits per heavy atom. The van der Waals surface area contributed by atoms with E-state index < -0.39 is 0 Å². The standard InChI is InChI=1S/C21H23FN4OS/c1-14-11-19(24-20(27)12-15-5-3-2-4-6-15)26(25-14)21-23-18(13-28-21)16-7-9-17(22)10-8-16/h7-11,13,15H,2-6,12H2,1H3,(H,24,27). The van der Waals surface area contributed by atoms with E-state index in [1.165, 1.54) is 42.7 Å². The van der Waals surface area contributed by atoms with E-state index in [0.29, 0.717) is 23.3 Å². The highest BCUT2D eigenvalue weighted by Gasteiger charge is 2.19. The fourth-order valence-electron chi connectivity index (χ4n) is 3.70. The van der Waals surface area contributed by atoms with Crippen molar-refractivity contribution in [1.82, 2.24) is 14.8 Å². The van der Waals surface area contributed by atoms with E-state index >= 15 is 0 Å². The lowest BCUT2D eigenvalue weighted by Gasteiger charge is -2.20. The summed E-state index contributed by atoms with van der Waals surface area (Å²) in [6.45, 7) is 1.89. The maximum absolute atomic E-state index is 13.1. The van der Waals surface area contributed by atoms with Crippen molar-refractivity contribution in [2.45, 2.75) is 45.4 Å². The van der Waals surface area contributed by atoms with Gasteiger partial charge >= 0.3 is 0 Å². The second kappa shape index (κ2) is 8.22. The molecule has 1 aliphatic carbocycles. The first-order valence-electron chi connectivity index (χ1n) is 9.67. The van der Waals surface area contributed by atoms with Gasteiger partial charge in [-0.25, -0.2) is 9.37 Å². The van der Waals surface area contributed by atoms with E-state index in [-0.39, 0.29) is 11.7 Å². The number of amides is 1. The number of anilines is 1. The van der Waals surface area contributed by atoms with Crippen LogP contribution in [-0.4, -0.2) is 20.7 Å². The van der Waals surface area contributed by atoms with E-state index in [9.17, 15) is 9.18 Å². The minimum atomic E-state index is -0.273. The number of hydrogen-bond acceptors (Lipinski definition) is 4. The topological polar surface area (TPSA) is 59.8 Å². The summed E-state index contributed by atoms with van der Waals surface area (Å²) in [4.78, 5) is 17.1. The molecule has 0 radical (unpaired) electrons. The third-order valence-electron chi connectivity index (χ3n) is 5.11. The van der Waals surface area contributed by atoms with Gasteiger partial charge < -0.3 is 5.32 Å². The van der Waals surface area contributed by atoms with E-state index in [1.54, 1.807) is 16.8 Å². The molecule has 1 aromatic carbocycles. The molecule has 146 valence electrons. The van der Waals surface area contributed by atoms with Gasteiger partial charge in [-0.05, 0) is 49.9 Å². The maximum Gasteiger partial charge on any atom is 0.225 e. The predicted molar refractivity (Wildman–Crippen MR) is 109 cm³/mol. The molecule has 1 N–H and O–H groups in total. The van der Waals surface area contributed by atoms with Crippen LogP contribution in [0.15, 0.2) is 35.7 Å². The Labute approximate surface area is 167 Å². The van der Waals surface area contributed by atoms with Crippen molar-refractivity contribution < 1.29 is 9.18 Å². The lowest BCUT2D eigenvalue weighted by Crippen LogP contribution is -2.19. The lowest BCUT2D eigenvalue weighted by atomic mass is 9.87. The Morgan fingerprint density at radius 2 is 2.00 bits per heavy atom. The van der Waals surface area contributed by atoms with Crippen LogP contribution in [0.1, 0.15) is 44.2 Å². The lowest BCUT2D eigenvalue weighted by molar-refractivity contribution is -0.117.